The summed E-state index contributed by atoms with van der Waals surface area (Å²) in [4.78, 5) is 15.1. The van der Waals surface area contributed by atoms with Gasteiger partial charge in [-0.25, -0.2) is 8.42 Å². The Bertz CT molecular complexity index is 707. The van der Waals surface area contributed by atoms with Gasteiger partial charge in [0.15, 0.2) is 0 Å². The molecule has 0 spiro atoms. The van der Waals surface area contributed by atoms with Crippen molar-refractivity contribution in [3.8, 4) is 0 Å². The molecule has 0 bridgehead atoms. The fourth-order valence-electron chi connectivity index (χ4n) is 3.85. The second-order valence-corrected chi connectivity index (χ2v) is 9.46. The lowest BCUT2D eigenvalue weighted by Gasteiger charge is -2.36. The summed E-state index contributed by atoms with van der Waals surface area (Å²) in [6.07, 6.45) is 3.51. The average Bonchev–Trinajstić information content (AvgIpc) is 2.61. The van der Waals surface area contributed by atoms with Crippen LogP contribution in [0.2, 0.25) is 0 Å². The minimum absolute atomic E-state index is 0.0326. The molecule has 0 saturated carbocycles. The second-order valence-electron chi connectivity index (χ2n) is 7.52. The molecule has 0 unspecified atom stereocenters. The molecule has 25 heavy (non-hydrogen) atoms. The molecule has 3 rings (SSSR count). The van der Waals surface area contributed by atoms with E-state index in [-0.39, 0.29) is 11.8 Å². The predicted octanol–water partition coefficient (Wildman–Crippen LogP) is 2.65. The summed E-state index contributed by atoms with van der Waals surface area (Å²) in [6, 6.07) is 6.97. The first-order valence-electron chi connectivity index (χ1n) is 9.23. The Hall–Kier alpha value is -1.40. The number of rotatable bonds is 3. The maximum absolute atomic E-state index is 12.8. The van der Waals surface area contributed by atoms with E-state index in [0.29, 0.717) is 36.7 Å². The number of carbonyl (C=O) groups excluding carboxylic acids is 1. The first-order valence-corrected chi connectivity index (χ1v) is 10.7. The second kappa shape index (κ2) is 7.46. The van der Waals surface area contributed by atoms with Crippen molar-refractivity contribution in [3.05, 3.63) is 29.8 Å². The molecule has 0 aliphatic carbocycles. The molecule has 1 aromatic carbocycles. The molecule has 2 saturated heterocycles. The van der Waals surface area contributed by atoms with E-state index in [1.165, 1.54) is 10.7 Å². The summed E-state index contributed by atoms with van der Waals surface area (Å²) in [5, 5.41) is 0. The largest absolute Gasteiger partial charge is 0.342 e. The smallest absolute Gasteiger partial charge is 0.243 e. The van der Waals surface area contributed by atoms with Crippen molar-refractivity contribution in [1.82, 2.24) is 9.21 Å². The average molecular weight is 365 g/mol. The van der Waals surface area contributed by atoms with Gasteiger partial charge in [-0.1, -0.05) is 24.6 Å². The van der Waals surface area contributed by atoms with Crippen LogP contribution in [0.4, 0.5) is 0 Å². The lowest BCUT2D eigenvalue weighted by Crippen LogP contribution is -2.46. The molecule has 2 aliphatic rings. The van der Waals surface area contributed by atoms with Gasteiger partial charge in [-0.05, 0) is 50.7 Å². The van der Waals surface area contributed by atoms with Gasteiger partial charge in [-0.3, -0.25) is 4.79 Å². The molecule has 0 radical (unpaired) electrons. The van der Waals surface area contributed by atoms with E-state index in [2.05, 4.69) is 6.92 Å². The number of benzene rings is 1. The standard InChI is InChI=1S/C19H28N2O3S/c1-15-5-7-18(8-6-15)25(23,24)21-12-9-17(10-13-21)19(22)20-11-3-4-16(2)14-20/h5-8,16-17H,3-4,9-14H2,1-2H3/t16-/m1/s1. The minimum Gasteiger partial charge on any atom is -0.342 e. The molecule has 1 amide bonds. The van der Waals surface area contributed by atoms with E-state index in [9.17, 15) is 13.2 Å². The van der Waals surface area contributed by atoms with Crippen LogP contribution in [0.15, 0.2) is 29.2 Å². The van der Waals surface area contributed by atoms with Crippen LogP contribution >= 0.6 is 0 Å². The Morgan fingerprint density at radius 2 is 1.68 bits per heavy atom. The van der Waals surface area contributed by atoms with Gasteiger partial charge in [-0.2, -0.15) is 4.31 Å². The summed E-state index contributed by atoms with van der Waals surface area (Å²) >= 11 is 0. The Balaban J connectivity index is 1.61. The van der Waals surface area contributed by atoms with Gasteiger partial charge in [0.1, 0.15) is 0 Å². The van der Waals surface area contributed by atoms with Crippen molar-refractivity contribution in [1.29, 1.82) is 0 Å². The number of nitrogens with zero attached hydrogens (tertiary/aromatic N) is 2. The van der Waals surface area contributed by atoms with Crippen LogP contribution in [-0.4, -0.2) is 49.7 Å². The molecular weight excluding hydrogens is 336 g/mol. The Kier molecular flexibility index (Phi) is 5.49. The van der Waals surface area contributed by atoms with Crippen LogP contribution < -0.4 is 0 Å². The summed E-state index contributed by atoms with van der Waals surface area (Å²) < 4.78 is 27.0. The molecular formula is C19H28N2O3S. The van der Waals surface area contributed by atoms with Crippen LogP contribution in [0.1, 0.15) is 38.2 Å². The summed E-state index contributed by atoms with van der Waals surface area (Å²) in [7, 11) is -3.45. The predicted molar refractivity (Wildman–Crippen MR) is 97.6 cm³/mol. The number of hydrogen-bond donors (Lipinski definition) is 0. The van der Waals surface area contributed by atoms with Crippen molar-refractivity contribution < 1.29 is 13.2 Å². The highest BCUT2D eigenvalue weighted by molar-refractivity contribution is 7.89. The van der Waals surface area contributed by atoms with E-state index >= 15 is 0 Å². The summed E-state index contributed by atoms with van der Waals surface area (Å²) in [5.74, 6) is 0.758. The van der Waals surface area contributed by atoms with E-state index < -0.39 is 10.0 Å². The molecule has 2 fully saturated rings. The van der Waals surface area contributed by atoms with Crippen molar-refractivity contribution in [3.63, 3.8) is 0 Å². The maximum Gasteiger partial charge on any atom is 0.243 e. The quantitative estimate of drug-likeness (QED) is 0.828. The van der Waals surface area contributed by atoms with Gasteiger partial charge >= 0.3 is 0 Å². The number of piperidine rings is 2. The third-order valence-electron chi connectivity index (χ3n) is 5.43. The van der Waals surface area contributed by atoms with Crippen molar-refractivity contribution in [2.45, 2.75) is 44.4 Å². The van der Waals surface area contributed by atoms with Gasteiger partial charge in [0.2, 0.25) is 15.9 Å². The van der Waals surface area contributed by atoms with Gasteiger partial charge < -0.3 is 4.90 Å². The molecule has 6 heteroatoms. The fraction of sp³-hybridized carbons (Fsp3) is 0.632. The first kappa shape index (κ1) is 18.4. The van der Waals surface area contributed by atoms with Crippen LogP contribution in [-0.2, 0) is 14.8 Å². The number of likely N-dealkylation sites (tertiary alicyclic amines) is 1. The van der Waals surface area contributed by atoms with Crippen molar-refractivity contribution >= 4 is 15.9 Å². The summed E-state index contributed by atoms with van der Waals surface area (Å²) in [6.45, 7) is 6.68. The van der Waals surface area contributed by atoms with Crippen LogP contribution in [0, 0.1) is 18.8 Å². The van der Waals surface area contributed by atoms with E-state index in [1.54, 1.807) is 12.1 Å². The zero-order valence-corrected chi connectivity index (χ0v) is 16.0. The Labute approximate surface area is 151 Å². The van der Waals surface area contributed by atoms with E-state index in [4.69, 9.17) is 0 Å². The third-order valence-corrected chi connectivity index (χ3v) is 7.34. The lowest BCUT2D eigenvalue weighted by atomic mass is 9.93. The SMILES string of the molecule is Cc1ccc(S(=O)(=O)N2CCC(C(=O)N3CCC[C@@H](C)C3)CC2)cc1. The molecule has 2 heterocycles. The molecule has 1 atom stereocenters. The number of carbonyl (C=O) groups is 1. The van der Waals surface area contributed by atoms with Crippen molar-refractivity contribution in [2.75, 3.05) is 26.2 Å². The highest BCUT2D eigenvalue weighted by atomic mass is 32.2. The number of amides is 1. The first-order chi connectivity index (χ1) is 11.9. The Morgan fingerprint density at radius 1 is 1.04 bits per heavy atom. The zero-order chi connectivity index (χ0) is 18.0. The zero-order valence-electron chi connectivity index (χ0n) is 15.1. The van der Waals surface area contributed by atoms with Crippen LogP contribution in [0.25, 0.3) is 0 Å². The minimum atomic E-state index is -3.45. The molecule has 1 aromatic rings. The van der Waals surface area contributed by atoms with Crippen molar-refractivity contribution in [2.24, 2.45) is 11.8 Å². The third kappa shape index (κ3) is 4.06. The summed E-state index contributed by atoms with van der Waals surface area (Å²) in [5.41, 5.74) is 1.04. The molecule has 138 valence electrons. The van der Waals surface area contributed by atoms with E-state index in [1.807, 2.05) is 24.0 Å². The van der Waals surface area contributed by atoms with Gasteiger partial charge in [-0.15, -0.1) is 0 Å². The maximum atomic E-state index is 12.8. The topological polar surface area (TPSA) is 57.7 Å². The number of aryl methyl sites for hydroxylation is 1. The van der Waals surface area contributed by atoms with Gasteiger partial charge in [0.05, 0.1) is 4.90 Å². The van der Waals surface area contributed by atoms with E-state index in [0.717, 1.165) is 25.1 Å². The monoisotopic (exact) mass is 364 g/mol. The molecule has 5 nitrogen and oxygen atoms in total. The fourth-order valence-corrected chi connectivity index (χ4v) is 5.32. The van der Waals surface area contributed by atoms with Gasteiger partial charge in [0.25, 0.3) is 0 Å². The van der Waals surface area contributed by atoms with Crippen LogP contribution in [0.3, 0.4) is 0 Å². The molecule has 0 aromatic heterocycles. The number of sulfonamides is 1. The van der Waals surface area contributed by atoms with Crippen LogP contribution in [0.5, 0.6) is 0 Å². The normalized spacial score (nSPS) is 23.6. The lowest BCUT2D eigenvalue weighted by molar-refractivity contribution is -0.138. The van der Waals surface area contributed by atoms with Gasteiger partial charge in [0, 0.05) is 32.1 Å². The molecule has 0 N–H and O–H groups in total. The highest BCUT2D eigenvalue weighted by Gasteiger charge is 2.34. The number of hydrogen-bond acceptors (Lipinski definition) is 3. The molecule has 2 aliphatic heterocycles. The highest BCUT2D eigenvalue weighted by Crippen LogP contribution is 2.27. The Morgan fingerprint density at radius 3 is 2.28 bits per heavy atom.